The van der Waals surface area contributed by atoms with Crippen LogP contribution in [0.5, 0.6) is 0 Å². The molecule has 0 N–H and O–H groups in total. The van der Waals surface area contributed by atoms with Crippen LogP contribution >= 0.6 is 11.6 Å². The lowest BCUT2D eigenvalue weighted by atomic mass is 9.82. The Morgan fingerprint density at radius 1 is 1.33 bits per heavy atom. The third kappa shape index (κ3) is 3.88. The third-order valence-electron chi connectivity index (χ3n) is 6.39. The highest BCUT2D eigenvalue weighted by Crippen LogP contribution is 2.42. The van der Waals surface area contributed by atoms with Crippen LogP contribution in [0.25, 0.3) is 0 Å². The molecule has 3 saturated heterocycles. The number of benzene rings is 1. The van der Waals surface area contributed by atoms with Crippen LogP contribution in [0.15, 0.2) is 18.2 Å². The summed E-state index contributed by atoms with van der Waals surface area (Å²) in [6.07, 6.45) is 2.15. The Balaban J connectivity index is 1.40. The highest BCUT2D eigenvalue weighted by molar-refractivity contribution is 6.31. The van der Waals surface area contributed by atoms with Crippen molar-refractivity contribution in [3.05, 3.63) is 34.3 Å². The molecule has 0 saturated carbocycles. The van der Waals surface area contributed by atoms with Crippen molar-refractivity contribution in [2.75, 3.05) is 52.7 Å². The fraction of sp³-hybridized carbons (Fsp3) is 0.667. The van der Waals surface area contributed by atoms with Gasteiger partial charge in [0.2, 0.25) is 0 Å². The van der Waals surface area contributed by atoms with Gasteiger partial charge < -0.3 is 19.1 Å². The van der Waals surface area contributed by atoms with Crippen molar-refractivity contribution in [3.8, 4) is 0 Å². The Morgan fingerprint density at radius 3 is 2.96 bits per heavy atom. The largest absolute Gasteiger partial charge is 0.381 e. The van der Waals surface area contributed by atoms with Gasteiger partial charge >= 0.3 is 0 Å². The van der Waals surface area contributed by atoms with E-state index in [4.69, 9.17) is 25.8 Å². The Hall–Kier alpha value is -1.14. The average molecular weight is 394 g/mol. The molecule has 1 aromatic carbocycles. The van der Waals surface area contributed by atoms with E-state index < -0.39 is 0 Å². The molecule has 0 unspecified atom stereocenters. The van der Waals surface area contributed by atoms with Crippen molar-refractivity contribution in [1.82, 2.24) is 4.90 Å². The van der Waals surface area contributed by atoms with Gasteiger partial charge in [0.1, 0.15) is 0 Å². The van der Waals surface area contributed by atoms with Crippen LogP contribution in [-0.2, 0) is 14.2 Å². The minimum absolute atomic E-state index is 0.0632. The fourth-order valence-corrected chi connectivity index (χ4v) is 4.72. The van der Waals surface area contributed by atoms with Gasteiger partial charge in [-0.3, -0.25) is 4.79 Å². The number of amides is 1. The summed E-state index contributed by atoms with van der Waals surface area (Å²) in [6.45, 7) is 7.82. The summed E-state index contributed by atoms with van der Waals surface area (Å²) in [5.74, 6) is 0.994. The molecule has 0 radical (unpaired) electrons. The Labute approximate surface area is 165 Å². The first-order valence-electron chi connectivity index (χ1n) is 9.87. The van der Waals surface area contributed by atoms with Gasteiger partial charge in [0.25, 0.3) is 5.91 Å². The second-order valence-corrected chi connectivity index (χ2v) is 8.65. The first-order chi connectivity index (χ1) is 13.1. The van der Waals surface area contributed by atoms with Crippen LogP contribution < -0.4 is 0 Å². The topological polar surface area (TPSA) is 48.0 Å². The molecule has 3 fully saturated rings. The first-order valence-corrected chi connectivity index (χ1v) is 10.2. The summed E-state index contributed by atoms with van der Waals surface area (Å²) in [4.78, 5) is 15.0. The summed E-state index contributed by atoms with van der Waals surface area (Å²) in [6, 6.07) is 5.53. The lowest BCUT2D eigenvalue weighted by Gasteiger charge is -2.29. The zero-order chi connectivity index (χ0) is 18.9. The number of likely N-dealkylation sites (tertiary alicyclic amines) is 1. The smallest absolute Gasteiger partial charge is 0.254 e. The normalized spacial score (nSPS) is 28.5. The molecule has 4 rings (SSSR count). The fourth-order valence-electron chi connectivity index (χ4n) is 4.54. The number of carbonyl (C=O) groups excluding carboxylic acids is 1. The molecule has 2 atom stereocenters. The molecule has 6 heteroatoms. The van der Waals surface area contributed by atoms with Crippen molar-refractivity contribution in [2.45, 2.75) is 19.8 Å². The lowest BCUT2D eigenvalue weighted by Crippen LogP contribution is -2.38. The molecule has 0 spiro atoms. The summed E-state index contributed by atoms with van der Waals surface area (Å²) >= 11 is 6.21. The predicted octanol–water partition coefficient (Wildman–Crippen LogP) is 3.18. The zero-order valence-electron chi connectivity index (χ0n) is 15.9. The number of hydrogen-bond donors (Lipinski definition) is 0. The highest BCUT2D eigenvalue weighted by atomic mass is 35.5. The number of nitrogens with zero attached hydrogens (tertiary/aromatic N) is 1. The molecule has 27 heavy (non-hydrogen) atoms. The predicted molar refractivity (Wildman–Crippen MR) is 103 cm³/mol. The molecular weight excluding hydrogens is 366 g/mol. The molecule has 3 aliphatic heterocycles. The number of rotatable bonds is 5. The van der Waals surface area contributed by atoms with Gasteiger partial charge in [-0.1, -0.05) is 17.7 Å². The van der Waals surface area contributed by atoms with Crippen LogP contribution in [0, 0.1) is 24.2 Å². The molecule has 1 amide bonds. The van der Waals surface area contributed by atoms with Crippen LogP contribution in [0.2, 0.25) is 5.02 Å². The number of carbonyl (C=O) groups is 1. The van der Waals surface area contributed by atoms with Crippen molar-refractivity contribution in [3.63, 3.8) is 0 Å². The summed E-state index contributed by atoms with van der Waals surface area (Å²) in [5, 5.41) is 0.637. The van der Waals surface area contributed by atoms with Gasteiger partial charge in [-0.05, 0) is 43.4 Å². The Kier molecular flexibility index (Phi) is 5.74. The van der Waals surface area contributed by atoms with Crippen molar-refractivity contribution < 1.29 is 19.0 Å². The molecule has 0 aliphatic carbocycles. The second kappa shape index (κ2) is 8.08. The van der Waals surface area contributed by atoms with Crippen LogP contribution in [0.3, 0.4) is 0 Å². The second-order valence-electron chi connectivity index (χ2n) is 8.24. The van der Waals surface area contributed by atoms with Crippen molar-refractivity contribution in [2.24, 2.45) is 17.3 Å². The van der Waals surface area contributed by atoms with E-state index in [2.05, 4.69) is 0 Å². The summed E-state index contributed by atoms with van der Waals surface area (Å²) < 4.78 is 17.3. The van der Waals surface area contributed by atoms with E-state index in [0.29, 0.717) is 48.8 Å². The van der Waals surface area contributed by atoms with E-state index in [1.807, 2.05) is 30.0 Å². The van der Waals surface area contributed by atoms with Gasteiger partial charge in [-0.15, -0.1) is 0 Å². The SMILES string of the molecule is Cc1c(Cl)cccc1C(=O)N1C[C@@H]2COC[C@]2(COCC2CCOCC2)C1. The van der Waals surface area contributed by atoms with Crippen molar-refractivity contribution in [1.29, 1.82) is 0 Å². The van der Waals surface area contributed by atoms with Crippen molar-refractivity contribution >= 4 is 17.5 Å². The quantitative estimate of drug-likeness (QED) is 0.770. The third-order valence-corrected chi connectivity index (χ3v) is 6.80. The van der Waals surface area contributed by atoms with Crippen LogP contribution in [-0.4, -0.2) is 63.5 Å². The van der Waals surface area contributed by atoms with E-state index in [-0.39, 0.29) is 11.3 Å². The Morgan fingerprint density at radius 2 is 2.15 bits per heavy atom. The van der Waals surface area contributed by atoms with Gasteiger partial charge in [0.05, 0.1) is 19.8 Å². The number of hydrogen-bond acceptors (Lipinski definition) is 4. The zero-order valence-corrected chi connectivity index (χ0v) is 16.7. The molecule has 3 aliphatic rings. The Bertz CT molecular complexity index is 691. The molecule has 1 aromatic rings. The van der Waals surface area contributed by atoms with Crippen LogP contribution in [0.1, 0.15) is 28.8 Å². The maximum absolute atomic E-state index is 13.1. The van der Waals surface area contributed by atoms with Gasteiger partial charge in [0.15, 0.2) is 0 Å². The molecular formula is C21H28ClNO4. The molecule has 148 valence electrons. The monoisotopic (exact) mass is 393 g/mol. The minimum Gasteiger partial charge on any atom is -0.381 e. The molecule has 3 heterocycles. The van der Waals surface area contributed by atoms with Gasteiger partial charge in [-0.2, -0.15) is 0 Å². The minimum atomic E-state index is -0.0761. The molecule has 0 aromatic heterocycles. The lowest BCUT2D eigenvalue weighted by molar-refractivity contribution is -0.0150. The van der Waals surface area contributed by atoms with E-state index in [1.165, 1.54) is 0 Å². The number of halogens is 1. The molecule has 0 bridgehead atoms. The first kappa shape index (κ1) is 19.2. The van der Waals surface area contributed by atoms with Gasteiger partial charge in [0, 0.05) is 54.8 Å². The number of ether oxygens (including phenoxy) is 3. The van der Waals surface area contributed by atoms with E-state index in [1.54, 1.807) is 0 Å². The highest BCUT2D eigenvalue weighted by Gasteiger charge is 2.52. The molecule has 5 nitrogen and oxygen atoms in total. The van der Waals surface area contributed by atoms with E-state index >= 15 is 0 Å². The maximum atomic E-state index is 13.1. The average Bonchev–Trinajstić information content (AvgIpc) is 3.21. The van der Waals surface area contributed by atoms with E-state index in [9.17, 15) is 4.79 Å². The summed E-state index contributed by atoms with van der Waals surface area (Å²) in [7, 11) is 0. The standard InChI is InChI=1S/C21H28ClNO4/c1-15-18(3-2-4-19(15)22)20(24)23-9-17-11-27-14-21(17,12-23)13-26-10-16-5-7-25-8-6-16/h2-4,16-17H,5-14H2,1H3/t17-,21-/m1/s1. The maximum Gasteiger partial charge on any atom is 0.254 e. The van der Waals surface area contributed by atoms with Crippen LogP contribution in [0.4, 0.5) is 0 Å². The summed E-state index contributed by atoms with van der Waals surface area (Å²) in [5.41, 5.74) is 1.47. The van der Waals surface area contributed by atoms with Gasteiger partial charge in [-0.25, -0.2) is 0 Å². The number of fused-ring (bicyclic) bond motifs is 1. The van der Waals surface area contributed by atoms with E-state index in [0.717, 1.165) is 44.8 Å².